The minimum Gasteiger partial charge on any atom is -0.449 e. The molecule has 24 heavy (non-hydrogen) atoms. The lowest BCUT2D eigenvalue weighted by Gasteiger charge is -2.32. The molecular formula is C17H18Cl2N2O3. The Morgan fingerprint density at radius 1 is 1.25 bits per heavy atom. The summed E-state index contributed by atoms with van der Waals surface area (Å²) in [5.74, 6) is -1.28. The van der Waals surface area contributed by atoms with E-state index < -0.39 is 23.5 Å². The number of nitrogens with one attached hydrogen (secondary N) is 1. The van der Waals surface area contributed by atoms with E-state index in [4.69, 9.17) is 27.9 Å². The number of rotatable bonds is 4. The second kappa shape index (κ2) is 7.87. The van der Waals surface area contributed by atoms with Crippen LogP contribution in [0.3, 0.4) is 0 Å². The fourth-order valence-electron chi connectivity index (χ4n) is 2.72. The molecule has 1 aromatic rings. The molecule has 0 aromatic heterocycles. The maximum Gasteiger partial charge on any atom is 0.341 e. The molecule has 0 spiro atoms. The molecule has 1 N–H and O–H groups in total. The van der Waals surface area contributed by atoms with Gasteiger partial charge in [0.15, 0.2) is 6.10 Å². The number of hydrogen-bond acceptors (Lipinski definition) is 4. The summed E-state index contributed by atoms with van der Waals surface area (Å²) in [7, 11) is 0. The van der Waals surface area contributed by atoms with Crippen LogP contribution in [0.5, 0.6) is 0 Å². The fourth-order valence-corrected chi connectivity index (χ4v) is 3.28. The van der Waals surface area contributed by atoms with Gasteiger partial charge in [0.05, 0.1) is 21.7 Å². The van der Waals surface area contributed by atoms with Crippen molar-refractivity contribution in [3.05, 3.63) is 33.8 Å². The van der Waals surface area contributed by atoms with Crippen LogP contribution in [0.1, 0.15) is 49.4 Å². The van der Waals surface area contributed by atoms with Crippen LogP contribution < -0.4 is 5.32 Å². The lowest BCUT2D eigenvalue weighted by atomic mass is 9.83. The van der Waals surface area contributed by atoms with Gasteiger partial charge in [0.25, 0.3) is 5.91 Å². The predicted octanol–water partition coefficient (Wildman–Crippen LogP) is 3.88. The molecule has 1 unspecified atom stereocenters. The molecule has 0 aliphatic heterocycles. The van der Waals surface area contributed by atoms with E-state index in [-0.39, 0.29) is 15.6 Å². The van der Waals surface area contributed by atoms with Gasteiger partial charge in [0, 0.05) is 0 Å². The quantitative estimate of drug-likeness (QED) is 0.817. The molecule has 128 valence electrons. The van der Waals surface area contributed by atoms with Crippen LogP contribution in [-0.4, -0.2) is 23.5 Å². The highest BCUT2D eigenvalue weighted by atomic mass is 35.5. The Morgan fingerprint density at radius 3 is 2.38 bits per heavy atom. The third kappa shape index (κ3) is 4.19. The lowest BCUT2D eigenvalue weighted by Crippen LogP contribution is -2.52. The van der Waals surface area contributed by atoms with Gasteiger partial charge in [-0.25, -0.2) is 4.79 Å². The van der Waals surface area contributed by atoms with Crippen molar-refractivity contribution in [3.8, 4) is 6.07 Å². The molecule has 7 heteroatoms. The Bertz CT molecular complexity index is 659. The number of carbonyl (C=O) groups is 2. The first kappa shape index (κ1) is 18.6. The smallest absolute Gasteiger partial charge is 0.341 e. The molecule has 1 aliphatic rings. The molecule has 1 atom stereocenters. The van der Waals surface area contributed by atoms with E-state index in [9.17, 15) is 14.9 Å². The third-order valence-electron chi connectivity index (χ3n) is 4.10. The van der Waals surface area contributed by atoms with E-state index in [1.54, 1.807) is 6.07 Å². The average molecular weight is 369 g/mol. The zero-order chi connectivity index (χ0) is 17.7. The number of nitriles is 1. The van der Waals surface area contributed by atoms with Gasteiger partial charge in [-0.3, -0.25) is 4.79 Å². The zero-order valence-corrected chi connectivity index (χ0v) is 14.8. The van der Waals surface area contributed by atoms with Gasteiger partial charge >= 0.3 is 5.97 Å². The van der Waals surface area contributed by atoms with E-state index >= 15 is 0 Å². The zero-order valence-electron chi connectivity index (χ0n) is 13.3. The Labute approximate surface area is 150 Å². The monoisotopic (exact) mass is 368 g/mol. The number of ether oxygens (including phenoxy) is 1. The summed E-state index contributed by atoms with van der Waals surface area (Å²) in [5.41, 5.74) is -0.856. The molecular weight excluding hydrogens is 351 g/mol. The molecule has 1 aromatic carbocycles. The van der Waals surface area contributed by atoms with Crippen LogP contribution in [0.25, 0.3) is 0 Å². The van der Waals surface area contributed by atoms with Crippen molar-refractivity contribution in [2.75, 3.05) is 0 Å². The van der Waals surface area contributed by atoms with Gasteiger partial charge in [-0.2, -0.15) is 5.26 Å². The number of benzene rings is 1. The second-order valence-electron chi connectivity index (χ2n) is 5.89. The van der Waals surface area contributed by atoms with Crippen molar-refractivity contribution in [2.24, 2.45) is 0 Å². The molecule has 5 nitrogen and oxygen atoms in total. The van der Waals surface area contributed by atoms with Gasteiger partial charge in [0.2, 0.25) is 0 Å². The van der Waals surface area contributed by atoms with Crippen LogP contribution in [0.15, 0.2) is 18.2 Å². The number of esters is 1. The number of halogens is 2. The maximum atomic E-state index is 12.3. The Hall–Kier alpha value is -1.77. The van der Waals surface area contributed by atoms with Gasteiger partial charge in [0.1, 0.15) is 5.54 Å². The van der Waals surface area contributed by atoms with Crippen LogP contribution in [0, 0.1) is 11.3 Å². The summed E-state index contributed by atoms with van der Waals surface area (Å²) < 4.78 is 5.16. The topological polar surface area (TPSA) is 79.2 Å². The summed E-state index contributed by atoms with van der Waals surface area (Å²) >= 11 is 11.9. The summed E-state index contributed by atoms with van der Waals surface area (Å²) in [5, 5.41) is 12.4. The normalized spacial score (nSPS) is 17.4. The van der Waals surface area contributed by atoms with Crippen molar-refractivity contribution in [1.29, 1.82) is 5.26 Å². The minimum absolute atomic E-state index is 0.0214. The molecule has 0 bridgehead atoms. The molecule has 0 heterocycles. The summed E-state index contributed by atoms with van der Waals surface area (Å²) in [6.45, 7) is 1.45. The van der Waals surface area contributed by atoms with Crippen molar-refractivity contribution >= 4 is 35.1 Å². The van der Waals surface area contributed by atoms with E-state index in [1.165, 1.54) is 19.1 Å². The van der Waals surface area contributed by atoms with E-state index in [0.717, 1.165) is 19.3 Å². The number of amides is 1. The van der Waals surface area contributed by atoms with E-state index in [1.807, 2.05) is 0 Å². The molecule has 1 amide bonds. The minimum atomic E-state index is -1.06. The first-order chi connectivity index (χ1) is 11.4. The van der Waals surface area contributed by atoms with E-state index in [0.29, 0.717) is 12.8 Å². The van der Waals surface area contributed by atoms with Crippen LogP contribution in [0.2, 0.25) is 10.0 Å². The average Bonchev–Trinajstić information content (AvgIpc) is 2.55. The largest absolute Gasteiger partial charge is 0.449 e. The van der Waals surface area contributed by atoms with Gasteiger partial charge < -0.3 is 10.1 Å². The molecule has 0 radical (unpaired) electrons. The highest BCUT2D eigenvalue weighted by molar-refractivity contribution is 6.39. The molecule has 1 saturated carbocycles. The van der Waals surface area contributed by atoms with Crippen molar-refractivity contribution < 1.29 is 14.3 Å². The third-order valence-corrected chi connectivity index (χ3v) is 4.73. The van der Waals surface area contributed by atoms with Crippen molar-refractivity contribution in [3.63, 3.8) is 0 Å². The first-order valence-electron chi connectivity index (χ1n) is 7.77. The number of carbonyl (C=O) groups excluding carboxylic acids is 2. The standard InChI is InChI=1S/C17H18Cl2N2O3/c1-11(15(22)21-17(10-20)8-3-2-4-9-17)24-16(23)14-12(18)6-5-7-13(14)19/h5-7,11H,2-4,8-9H2,1H3,(H,21,22). The number of nitrogens with zero attached hydrogens (tertiary/aromatic N) is 1. The van der Waals surface area contributed by atoms with Crippen molar-refractivity contribution in [2.45, 2.75) is 50.7 Å². The summed E-state index contributed by atoms with van der Waals surface area (Å²) in [4.78, 5) is 24.5. The predicted molar refractivity (Wildman–Crippen MR) is 90.9 cm³/mol. The highest BCUT2D eigenvalue weighted by Gasteiger charge is 2.35. The molecule has 1 fully saturated rings. The maximum absolute atomic E-state index is 12.3. The van der Waals surface area contributed by atoms with Crippen LogP contribution in [0.4, 0.5) is 0 Å². The van der Waals surface area contributed by atoms with Crippen molar-refractivity contribution in [1.82, 2.24) is 5.32 Å². The SMILES string of the molecule is CC(OC(=O)c1c(Cl)cccc1Cl)C(=O)NC1(C#N)CCCCC1. The summed E-state index contributed by atoms with van der Waals surface area (Å²) in [6.07, 6.45) is 2.97. The Balaban J connectivity index is 2.03. The number of hydrogen-bond donors (Lipinski definition) is 1. The lowest BCUT2D eigenvalue weighted by molar-refractivity contribution is -0.130. The van der Waals surface area contributed by atoms with Gasteiger partial charge in [-0.15, -0.1) is 0 Å². The second-order valence-corrected chi connectivity index (χ2v) is 6.70. The Kier molecular flexibility index (Phi) is 6.09. The highest BCUT2D eigenvalue weighted by Crippen LogP contribution is 2.28. The summed E-state index contributed by atoms with van der Waals surface area (Å²) in [6, 6.07) is 6.83. The van der Waals surface area contributed by atoms with E-state index in [2.05, 4.69) is 11.4 Å². The van der Waals surface area contributed by atoms with Crippen LogP contribution >= 0.6 is 23.2 Å². The molecule has 0 saturated heterocycles. The first-order valence-corrected chi connectivity index (χ1v) is 8.52. The van der Waals surface area contributed by atoms with Gasteiger partial charge in [-0.05, 0) is 31.9 Å². The Morgan fingerprint density at radius 2 is 1.83 bits per heavy atom. The molecule has 2 rings (SSSR count). The van der Waals surface area contributed by atoms with Crippen LogP contribution in [-0.2, 0) is 9.53 Å². The molecule has 1 aliphatic carbocycles. The van der Waals surface area contributed by atoms with Gasteiger partial charge in [-0.1, -0.05) is 48.5 Å². The fraction of sp³-hybridized carbons (Fsp3) is 0.471.